The summed E-state index contributed by atoms with van der Waals surface area (Å²) in [6.45, 7) is 1.80. The summed E-state index contributed by atoms with van der Waals surface area (Å²) < 4.78 is 5.50. The van der Waals surface area contributed by atoms with Crippen LogP contribution >= 0.6 is 0 Å². The van der Waals surface area contributed by atoms with Crippen LogP contribution in [0.3, 0.4) is 0 Å². The predicted molar refractivity (Wildman–Crippen MR) is 74.7 cm³/mol. The summed E-state index contributed by atoms with van der Waals surface area (Å²) in [6, 6.07) is 1.21. The number of ether oxygens (including phenoxy) is 1. The Morgan fingerprint density at radius 3 is 2.90 bits per heavy atom. The smallest absolute Gasteiger partial charge is 0.342 e. The minimum atomic E-state index is -1.34. The first kappa shape index (κ1) is 15.2. The van der Waals surface area contributed by atoms with Crippen LogP contribution in [0.25, 0.3) is 0 Å². The van der Waals surface area contributed by atoms with Crippen molar-refractivity contribution < 1.29 is 19.6 Å². The molecule has 0 spiro atoms. The van der Waals surface area contributed by atoms with Crippen molar-refractivity contribution in [2.45, 2.75) is 12.8 Å². The van der Waals surface area contributed by atoms with Gasteiger partial charge in [0, 0.05) is 26.3 Å². The predicted octanol–water partition coefficient (Wildman–Crippen LogP) is 1.55. The molecular weight excluding hydrogens is 278 g/mol. The fourth-order valence-electron chi connectivity index (χ4n) is 1.81. The maximum atomic E-state index is 11.1. The third-order valence-electron chi connectivity index (χ3n) is 3.31. The standard InChI is InChI=1S/C13H17N3O5/c1-15(4-5-21-8-9-2-3-9)12-6-10(13(17)18)11(7-14-12)16(19)20/h6-7,9H,2-5,8H2,1H3,(H,17,18). The number of pyridine rings is 1. The Labute approximate surface area is 121 Å². The van der Waals surface area contributed by atoms with Gasteiger partial charge in [-0.25, -0.2) is 9.78 Å². The van der Waals surface area contributed by atoms with E-state index >= 15 is 0 Å². The van der Waals surface area contributed by atoms with E-state index in [1.807, 2.05) is 0 Å². The molecule has 0 aliphatic heterocycles. The highest BCUT2D eigenvalue weighted by Crippen LogP contribution is 2.28. The lowest BCUT2D eigenvalue weighted by molar-refractivity contribution is -0.385. The largest absolute Gasteiger partial charge is 0.477 e. The highest BCUT2D eigenvalue weighted by Gasteiger charge is 2.23. The first-order valence-electron chi connectivity index (χ1n) is 6.65. The lowest BCUT2D eigenvalue weighted by Gasteiger charge is -2.18. The van der Waals surface area contributed by atoms with Gasteiger partial charge in [0.25, 0.3) is 0 Å². The molecule has 8 nitrogen and oxygen atoms in total. The van der Waals surface area contributed by atoms with E-state index in [1.165, 1.54) is 18.9 Å². The Balaban J connectivity index is 1.98. The molecule has 1 aliphatic carbocycles. The van der Waals surface area contributed by atoms with Gasteiger partial charge < -0.3 is 14.7 Å². The Bertz CT molecular complexity index is 545. The number of carboxylic acids is 1. The molecule has 0 bridgehead atoms. The second-order valence-corrected chi connectivity index (χ2v) is 5.06. The van der Waals surface area contributed by atoms with Gasteiger partial charge in [-0.15, -0.1) is 0 Å². The van der Waals surface area contributed by atoms with Gasteiger partial charge in [-0.1, -0.05) is 0 Å². The zero-order chi connectivity index (χ0) is 15.4. The van der Waals surface area contributed by atoms with E-state index in [0.717, 1.165) is 12.8 Å². The topological polar surface area (TPSA) is 106 Å². The van der Waals surface area contributed by atoms with Gasteiger partial charge in [0.15, 0.2) is 0 Å². The van der Waals surface area contributed by atoms with Crippen molar-refractivity contribution in [2.24, 2.45) is 5.92 Å². The normalized spacial score (nSPS) is 14.0. The SMILES string of the molecule is CN(CCOCC1CC1)c1cc(C(=O)O)c([N+](=O)[O-])cn1. The number of carbonyl (C=O) groups is 1. The van der Waals surface area contributed by atoms with Crippen LogP contribution in [0.5, 0.6) is 0 Å². The number of aromatic carboxylic acids is 1. The molecule has 1 aromatic heterocycles. The number of nitro groups is 1. The van der Waals surface area contributed by atoms with Crippen LogP contribution in [0.15, 0.2) is 12.3 Å². The number of nitrogens with zero attached hydrogens (tertiary/aromatic N) is 3. The quantitative estimate of drug-likeness (QED) is 0.440. The number of carboxylic acid groups (broad SMARTS) is 1. The highest BCUT2D eigenvalue weighted by molar-refractivity contribution is 5.93. The summed E-state index contributed by atoms with van der Waals surface area (Å²) in [5, 5.41) is 19.8. The summed E-state index contributed by atoms with van der Waals surface area (Å²) in [7, 11) is 1.74. The van der Waals surface area contributed by atoms with Crippen molar-refractivity contribution >= 4 is 17.5 Å². The molecular formula is C13H17N3O5. The van der Waals surface area contributed by atoms with Gasteiger partial charge >= 0.3 is 11.7 Å². The Morgan fingerprint density at radius 1 is 1.62 bits per heavy atom. The number of anilines is 1. The van der Waals surface area contributed by atoms with Gasteiger partial charge in [-0.3, -0.25) is 10.1 Å². The van der Waals surface area contributed by atoms with Crippen molar-refractivity contribution in [3.8, 4) is 0 Å². The van der Waals surface area contributed by atoms with Crippen LogP contribution in [-0.2, 0) is 4.74 Å². The molecule has 0 amide bonds. The molecule has 1 N–H and O–H groups in total. The van der Waals surface area contributed by atoms with Crippen molar-refractivity contribution in [2.75, 3.05) is 31.7 Å². The fourth-order valence-corrected chi connectivity index (χ4v) is 1.81. The van der Waals surface area contributed by atoms with Crippen LogP contribution in [0.4, 0.5) is 11.5 Å². The van der Waals surface area contributed by atoms with Crippen molar-refractivity contribution in [1.29, 1.82) is 0 Å². The molecule has 0 atom stereocenters. The number of rotatable bonds is 8. The van der Waals surface area contributed by atoms with E-state index in [4.69, 9.17) is 9.84 Å². The van der Waals surface area contributed by atoms with E-state index in [0.29, 0.717) is 24.9 Å². The summed E-state index contributed by atoms with van der Waals surface area (Å²) in [4.78, 5) is 26.7. The summed E-state index contributed by atoms with van der Waals surface area (Å²) >= 11 is 0. The first-order valence-corrected chi connectivity index (χ1v) is 6.65. The molecule has 1 heterocycles. The third kappa shape index (κ3) is 4.12. The lowest BCUT2D eigenvalue weighted by atomic mass is 10.2. The van der Waals surface area contributed by atoms with Crippen LogP contribution < -0.4 is 4.90 Å². The first-order chi connectivity index (χ1) is 9.99. The fraction of sp³-hybridized carbons (Fsp3) is 0.538. The van der Waals surface area contributed by atoms with E-state index in [9.17, 15) is 14.9 Å². The van der Waals surface area contributed by atoms with Gasteiger partial charge in [0.2, 0.25) is 0 Å². The van der Waals surface area contributed by atoms with Crippen LogP contribution in [0.1, 0.15) is 23.2 Å². The molecule has 1 saturated carbocycles. The number of hydrogen-bond donors (Lipinski definition) is 1. The van der Waals surface area contributed by atoms with Gasteiger partial charge in [0.05, 0.1) is 11.5 Å². The molecule has 1 aliphatic rings. The monoisotopic (exact) mass is 295 g/mol. The van der Waals surface area contributed by atoms with E-state index in [-0.39, 0.29) is 5.56 Å². The van der Waals surface area contributed by atoms with E-state index in [2.05, 4.69) is 4.98 Å². The zero-order valence-corrected chi connectivity index (χ0v) is 11.7. The number of likely N-dealkylation sites (N-methyl/N-ethyl adjacent to an activating group) is 1. The number of aromatic nitrogens is 1. The molecule has 114 valence electrons. The second-order valence-electron chi connectivity index (χ2n) is 5.06. The molecule has 0 radical (unpaired) electrons. The average Bonchev–Trinajstić information content (AvgIpc) is 3.26. The summed E-state index contributed by atoms with van der Waals surface area (Å²) in [6.07, 6.45) is 3.42. The van der Waals surface area contributed by atoms with Crippen molar-refractivity contribution in [3.05, 3.63) is 27.9 Å². The molecule has 1 fully saturated rings. The van der Waals surface area contributed by atoms with Gasteiger partial charge in [0.1, 0.15) is 17.6 Å². The summed E-state index contributed by atoms with van der Waals surface area (Å²) in [5.41, 5.74) is -0.875. The molecule has 0 saturated heterocycles. The Kier molecular flexibility index (Phi) is 4.69. The average molecular weight is 295 g/mol. The Morgan fingerprint density at radius 2 is 2.33 bits per heavy atom. The maximum absolute atomic E-state index is 11.1. The molecule has 1 aromatic rings. The lowest BCUT2D eigenvalue weighted by Crippen LogP contribution is -2.24. The van der Waals surface area contributed by atoms with E-state index in [1.54, 1.807) is 11.9 Å². The summed E-state index contributed by atoms with van der Waals surface area (Å²) in [5.74, 6) is -0.289. The molecule has 0 aromatic carbocycles. The molecule has 0 unspecified atom stereocenters. The Hall–Kier alpha value is -2.22. The molecule has 8 heteroatoms. The number of hydrogen-bond acceptors (Lipinski definition) is 6. The molecule has 21 heavy (non-hydrogen) atoms. The van der Waals surface area contributed by atoms with Crippen LogP contribution in [0.2, 0.25) is 0 Å². The van der Waals surface area contributed by atoms with Crippen molar-refractivity contribution in [1.82, 2.24) is 4.98 Å². The minimum Gasteiger partial charge on any atom is -0.477 e. The van der Waals surface area contributed by atoms with Crippen LogP contribution in [-0.4, -0.2) is 47.8 Å². The molecule has 2 rings (SSSR count). The highest BCUT2D eigenvalue weighted by atomic mass is 16.6. The van der Waals surface area contributed by atoms with E-state index < -0.39 is 16.6 Å². The van der Waals surface area contributed by atoms with Crippen molar-refractivity contribution in [3.63, 3.8) is 0 Å². The third-order valence-corrected chi connectivity index (χ3v) is 3.31. The maximum Gasteiger partial charge on any atom is 0.342 e. The minimum absolute atomic E-state index is 0.365. The van der Waals surface area contributed by atoms with Gasteiger partial charge in [-0.2, -0.15) is 0 Å². The second kappa shape index (κ2) is 6.49. The van der Waals surface area contributed by atoms with Crippen LogP contribution in [0, 0.1) is 16.0 Å². The van der Waals surface area contributed by atoms with Gasteiger partial charge in [-0.05, 0) is 18.8 Å². The zero-order valence-electron chi connectivity index (χ0n) is 11.7.